The minimum Gasteiger partial charge on any atom is -0.379 e. The van der Waals surface area contributed by atoms with Crippen molar-refractivity contribution in [3.63, 3.8) is 0 Å². The van der Waals surface area contributed by atoms with Crippen molar-refractivity contribution >= 4 is 17.9 Å². The number of urea groups is 1. The predicted octanol–water partition coefficient (Wildman–Crippen LogP) is -0.406. The Hall–Kier alpha value is -1.87. The molecule has 1 atom stereocenters. The second kappa shape index (κ2) is 8.88. The fourth-order valence-electron chi connectivity index (χ4n) is 4.06. The number of nitrogens with one attached hydrogen (secondary N) is 3. The molecule has 0 saturated carbocycles. The van der Waals surface area contributed by atoms with E-state index in [1.807, 2.05) is 6.92 Å². The second-order valence-electron chi connectivity index (χ2n) is 7.56. The summed E-state index contributed by atoms with van der Waals surface area (Å²) in [5.41, 5.74) is -0.797. The van der Waals surface area contributed by atoms with E-state index in [2.05, 4.69) is 32.7 Å². The number of imide groups is 1. The maximum atomic E-state index is 12.2. The molecule has 3 aliphatic rings. The Morgan fingerprint density at radius 3 is 2.56 bits per heavy atom. The van der Waals surface area contributed by atoms with Crippen molar-refractivity contribution in [1.29, 1.82) is 0 Å². The number of likely N-dealkylation sites (tertiary alicyclic amines) is 1. The average molecular weight is 380 g/mol. The van der Waals surface area contributed by atoms with Crippen molar-refractivity contribution in [2.75, 3.05) is 59.0 Å². The Morgan fingerprint density at radius 1 is 1.26 bits per heavy atom. The van der Waals surface area contributed by atoms with Crippen LogP contribution in [0.15, 0.2) is 4.99 Å². The number of amides is 3. The summed E-state index contributed by atoms with van der Waals surface area (Å²) in [4.78, 5) is 33.1. The van der Waals surface area contributed by atoms with Crippen molar-refractivity contribution in [3.8, 4) is 0 Å². The molecule has 0 radical (unpaired) electrons. The zero-order valence-electron chi connectivity index (χ0n) is 16.4. The monoisotopic (exact) mass is 380 g/mol. The lowest BCUT2D eigenvalue weighted by Gasteiger charge is -2.39. The van der Waals surface area contributed by atoms with E-state index >= 15 is 0 Å². The number of guanidine groups is 1. The highest BCUT2D eigenvalue weighted by atomic mass is 16.5. The first-order chi connectivity index (χ1) is 13.0. The third-order valence-electron chi connectivity index (χ3n) is 5.80. The number of piperidine rings is 1. The van der Waals surface area contributed by atoms with Crippen LogP contribution in [0.1, 0.15) is 26.7 Å². The Bertz CT molecular complexity index is 569. The molecule has 0 aromatic heterocycles. The quantitative estimate of drug-likeness (QED) is 0.341. The van der Waals surface area contributed by atoms with Crippen molar-refractivity contribution < 1.29 is 14.3 Å². The van der Waals surface area contributed by atoms with Gasteiger partial charge in [-0.3, -0.25) is 20.0 Å². The van der Waals surface area contributed by atoms with Crippen molar-refractivity contribution in [3.05, 3.63) is 0 Å². The highest BCUT2D eigenvalue weighted by Gasteiger charge is 2.48. The van der Waals surface area contributed by atoms with E-state index in [-0.39, 0.29) is 17.9 Å². The molecule has 0 bridgehead atoms. The zero-order chi connectivity index (χ0) is 19.3. The molecule has 3 N–H and O–H groups in total. The fourth-order valence-corrected chi connectivity index (χ4v) is 4.06. The molecule has 3 saturated heterocycles. The van der Waals surface area contributed by atoms with Crippen LogP contribution in [0.5, 0.6) is 0 Å². The summed E-state index contributed by atoms with van der Waals surface area (Å²) >= 11 is 0. The number of hydrogen-bond acceptors (Lipinski definition) is 5. The first kappa shape index (κ1) is 19.9. The van der Waals surface area contributed by atoms with Gasteiger partial charge < -0.3 is 20.3 Å². The lowest BCUT2D eigenvalue weighted by atomic mass is 9.79. The van der Waals surface area contributed by atoms with Gasteiger partial charge in [-0.1, -0.05) is 0 Å². The number of ether oxygens (including phenoxy) is 1. The molecule has 0 aromatic rings. The van der Waals surface area contributed by atoms with Gasteiger partial charge in [0.25, 0.3) is 5.91 Å². The Morgan fingerprint density at radius 2 is 1.96 bits per heavy atom. The van der Waals surface area contributed by atoms with Crippen LogP contribution in [0, 0.1) is 5.92 Å². The van der Waals surface area contributed by atoms with Crippen molar-refractivity contribution in [2.45, 2.75) is 32.2 Å². The van der Waals surface area contributed by atoms with Gasteiger partial charge in [-0.05, 0) is 32.6 Å². The molecule has 27 heavy (non-hydrogen) atoms. The SMILES string of the molecule is CCNC(=NCCN1CCOCC1)N1CCC(C2(C)NC(=O)NC2=O)CC1. The summed E-state index contributed by atoms with van der Waals surface area (Å²) in [5, 5.41) is 8.56. The van der Waals surface area contributed by atoms with Crippen LogP contribution in [0.3, 0.4) is 0 Å². The standard InChI is InChI=1S/C18H32N6O3/c1-3-19-16(20-6-9-23-10-12-27-13-11-23)24-7-4-14(5-8-24)18(2)15(25)21-17(26)22-18/h14H,3-13H2,1-2H3,(H,19,20)(H2,21,22,25,26). The Labute approximate surface area is 160 Å². The van der Waals surface area contributed by atoms with Gasteiger partial charge in [-0.2, -0.15) is 0 Å². The average Bonchev–Trinajstić information content (AvgIpc) is 2.95. The molecule has 9 heteroatoms. The van der Waals surface area contributed by atoms with E-state index in [1.54, 1.807) is 0 Å². The van der Waals surface area contributed by atoms with Crippen LogP contribution < -0.4 is 16.0 Å². The van der Waals surface area contributed by atoms with Gasteiger partial charge in [-0.15, -0.1) is 0 Å². The molecule has 9 nitrogen and oxygen atoms in total. The number of carbonyl (C=O) groups excluding carboxylic acids is 2. The molecule has 3 rings (SSSR count). The zero-order valence-corrected chi connectivity index (χ0v) is 16.4. The normalized spacial score (nSPS) is 28.2. The third kappa shape index (κ3) is 4.70. The minimum absolute atomic E-state index is 0.136. The van der Waals surface area contributed by atoms with E-state index in [4.69, 9.17) is 9.73 Å². The number of carbonyl (C=O) groups is 2. The van der Waals surface area contributed by atoms with Crippen LogP contribution >= 0.6 is 0 Å². The molecule has 0 aliphatic carbocycles. The van der Waals surface area contributed by atoms with Gasteiger partial charge in [-0.25, -0.2) is 4.79 Å². The molecule has 3 heterocycles. The summed E-state index contributed by atoms with van der Waals surface area (Å²) in [6, 6.07) is -0.386. The van der Waals surface area contributed by atoms with Gasteiger partial charge in [0.2, 0.25) is 0 Å². The van der Waals surface area contributed by atoms with E-state index in [0.717, 1.165) is 77.8 Å². The van der Waals surface area contributed by atoms with Gasteiger partial charge in [0.1, 0.15) is 5.54 Å². The largest absolute Gasteiger partial charge is 0.379 e. The molecule has 0 aromatic carbocycles. The highest BCUT2D eigenvalue weighted by Crippen LogP contribution is 2.30. The first-order valence-electron chi connectivity index (χ1n) is 10.00. The van der Waals surface area contributed by atoms with E-state index in [1.165, 1.54) is 0 Å². The van der Waals surface area contributed by atoms with Gasteiger partial charge in [0.05, 0.1) is 19.8 Å². The van der Waals surface area contributed by atoms with Crippen LogP contribution in [0.4, 0.5) is 4.79 Å². The van der Waals surface area contributed by atoms with Gasteiger partial charge in [0, 0.05) is 39.3 Å². The smallest absolute Gasteiger partial charge is 0.322 e. The molecule has 152 valence electrons. The second-order valence-corrected chi connectivity index (χ2v) is 7.56. The molecule has 3 amide bonds. The lowest BCUT2D eigenvalue weighted by molar-refractivity contribution is -0.125. The van der Waals surface area contributed by atoms with Crippen LogP contribution in [0.25, 0.3) is 0 Å². The summed E-state index contributed by atoms with van der Waals surface area (Å²) < 4.78 is 5.38. The highest BCUT2D eigenvalue weighted by molar-refractivity contribution is 6.07. The molecule has 3 fully saturated rings. The number of hydrogen-bond donors (Lipinski definition) is 3. The minimum atomic E-state index is -0.797. The number of rotatable bonds is 5. The topological polar surface area (TPSA) is 98.3 Å². The molecule has 0 spiro atoms. The van der Waals surface area contributed by atoms with E-state index in [9.17, 15) is 9.59 Å². The number of morpholine rings is 1. The summed E-state index contributed by atoms with van der Waals surface area (Å²) in [6.45, 7) is 11.6. The predicted molar refractivity (Wildman–Crippen MR) is 103 cm³/mol. The number of nitrogens with zero attached hydrogens (tertiary/aromatic N) is 3. The first-order valence-corrected chi connectivity index (χ1v) is 10.00. The van der Waals surface area contributed by atoms with Gasteiger partial charge in [0.15, 0.2) is 5.96 Å². The molecule has 1 unspecified atom stereocenters. The number of aliphatic imine (C=N–C) groups is 1. The van der Waals surface area contributed by atoms with Crippen molar-refractivity contribution in [2.24, 2.45) is 10.9 Å². The molecular formula is C18H32N6O3. The van der Waals surface area contributed by atoms with Crippen LogP contribution in [0.2, 0.25) is 0 Å². The van der Waals surface area contributed by atoms with Crippen LogP contribution in [-0.4, -0.2) is 92.3 Å². The lowest BCUT2D eigenvalue weighted by Crippen LogP contribution is -2.55. The molecular weight excluding hydrogens is 348 g/mol. The summed E-state index contributed by atoms with van der Waals surface area (Å²) in [6.07, 6.45) is 1.69. The fraction of sp³-hybridized carbons (Fsp3) is 0.833. The Balaban J connectivity index is 1.52. The maximum Gasteiger partial charge on any atom is 0.322 e. The van der Waals surface area contributed by atoms with Crippen molar-refractivity contribution in [1.82, 2.24) is 25.8 Å². The third-order valence-corrected chi connectivity index (χ3v) is 5.80. The van der Waals surface area contributed by atoms with E-state index < -0.39 is 5.54 Å². The Kier molecular flexibility index (Phi) is 6.54. The van der Waals surface area contributed by atoms with Crippen LogP contribution in [-0.2, 0) is 9.53 Å². The maximum absolute atomic E-state index is 12.2. The van der Waals surface area contributed by atoms with E-state index in [0.29, 0.717) is 0 Å². The summed E-state index contributed by atoms with van der Waals surface area (Å²) in [5.74, 6) is 0.864. The summed E-state index contributed by atoms with van der Waals surface area (Å²) in [7, 11) is 0. The molecule has 3 aliphatic heterocycles. The van der Waals surface area contributed by atoms with Gasteiger partial charge >= 0.3 is 6.03 Å².